The molecule has 0 bridgehead atoms. The van der Waals surface area contributed by atoms with Gasteiger partial charge in [-0.1, -0.05) is 31.5 Å². The minimum atomic E-state index is -0.178. The average Bonchev–Trinajstić information content (AvgIpc) is 2.45. The molecule has 0 atom stereocenters. The number of carbonyl (C=O) groups is 1. The van der Waals surface area contributed by atoms with Crippen LogP contribution < -0.4 is 16.0 Å². The molecule has 1 aromatic rings. The van der Waals surface area contributed by atoms with E-state index in [0.717, 1.165) is 43.1 Å². The molecule has 3 N–H and O–H groups in total. The maximum Gasteiger partial charge on any atom is 0.220 e. The SMILES string of the molecule is CC(C)NCc1c(Cl)cccc1N1CCC(C(N)=O)CC1. The molecule has 21 heavy (non-hydrogen) atoms. The van der Waals surface area contributed by atoms with E-state index < -0.39 is 0 Å². The molecule has 1 aliphatic heterocycles. The van der Waals surface area contributed by atoms with Crippen molar-refractivity contribution < 1.29 is 4.79 Å². The number of benzene rings is 1. The van der Waals surface area contributed by atoms with Crippen molar-refractivity contribution >= 4 is 23.2 Å². The molecule has 1 heterocycles. The molecule has 1 aromatic carbocycles. The quantitative estimate of drug-likeness (QED) is 0.879. The van der Waals surface area contributed by atoms with Crippen LogP contribution in [-0.2, 0) is 11.3 Å². The molecule has 5 heteroatoms. The highest BCUT2D eigenvalue weighted by Crippen LogP contribution is 2.30. The van der Waals surface area contributed by atoms with Crippen LogP contribution in [0.1, 0.15) is 32.3 Å². The van der Waals surface area contributed by atoms with Gasteiger partial charge in [0.1, 0.15) is 0 Å². The smallest absolute Gasteiger partial charge is 0.220 e. The van der Waals surface area contributed by atoms with E-state index >= 15 is 0 Å². The van der Waals surface area contributed by atoms with Crippen molar-refractivity contribution in [2.45, 2.75) is 39.3 Å². The van der Waals surface area contributed by atoms with Crippen LogP contribution in [0.3, 0.4) is 0 Å². The molecule has 2 rings (SSSR count). The minimum absolute atomic E-state index is 0.0117. The van der Waals surface area contributed by atoms with Gasteiger partial charge in [0.15, 0.2) is 0 Å². The van der Waals surface area contributed by atoms with E-state index in [0.29, 0.717) is 6.04 Å². The standard InChI is InChI=1S/C16H24ClN3O/c1-11(2)19-10-13-14(17)4-3-5-15(13)20-8-6-12(7-9-20)16(18)21/h3-5,11-12,19H,6-10H2,1-2H3,(H2,18,21). The van der Waals surface area contributed by atoms with Crippen LogP contribution in [0.2, 0.25) is 5.02 Å². The van der Waals surface area contributed by atoms with E-state index in [1.807, 2.05) is 12.1 Å². The topological polar surface area (TPSA) is 58.4 Å². The summed E-state index contributed by atoms with van der Waals surface area (Å²) in [6.45, 7) is 6.69. The van der Waals surface area contributed by atoms with Crippen LogP contribution in [0, 0.1) is 5.92 Å². The van der Waals surface area contributed by atoms with Crippen LogP contribution in [0.25, 0.3) is 0 Å². The van der Waals surface area contributed by atoms with E-state index in [1.165, 1.54) is 5.69 Å². The first-order valence-electron chi connectivity index (χ1n) is 7.54. The Bertz CT molecular complexity index is 496. The van der Waals surface area contributed by atoms with Crippen molar-refractivity contribution in [3.05, 3.63) is 28.8 Å². The van der Waals surface area contributed by atoms with Gasteiger partial charge in [-0.25, -0.2) is 0 Å². The fourth-order valence-corrected chi connectivity index (χ4v) is 2.97. The second kappa shape index (κ2) is 7.14. The molecule has 4 nitrogen and oxygen atoms in total. The molecule has 1 amide bonds. The van der Waals surface area contributed by atoms with Crippen molar-refractivity contribution in [2.24, 2.45) is 11.7 Å². The molecular formula is C16H24ClN3O. The highest BCUT2D eigenvalue weighted by atomic mass is 35.5. The van der Waals surface area contributed by atoms with E-state index in [9.17, 15) is 4.79 Å². The van der Waals surface area contributed by atoms with Crippen LogP contribution >= 0.6 is 11.6 Å². The summed E-state index contributed by atoms with van der Waals surface area (Å²) in [5.74, 6) is -0.167. The lowest BCUT2D eigenvalue weighted by atomic mass is 9.95. The molecule has 0 unspecified atom stereocenters. The molecule has 0 spiro atoms. The van der Waals surface area contributed by atoms with Gasteiger partial charge in [0.2, 0.25) is 5.91 Å². The number of hydrogen-bond acceptors (Lipinski definition) is 3. The van der Waals surface area contributed by atoms with E-state index in [2.05, 4.69) is 30.1 Å². The van der Waals surface area contributed by atoms with Crippen molar-refractivity contribution in [3.63, 3.8) is 0 Å². The lowest BCUT2D eigenvalue weighted by Gasteiger charge is -2.34. The first-order chi connectivity index (χ1) is 9.99. The summed E-state index contributed by atoms with van der Waals surface area (Å²) < 4.78 is 0. The Balaban J connectivity index is 2.12. The van der Waals surface area contributed by atoms with Crippen LogP contribution in [0.5, 0.6) is 0 Å². The summed E-state index contributed by atoms with van der Waals surface area (Å²) in [4.78, 5) is 13.6. The number of primary amides is 1. The van der Waals surface area contributed by atoms with E-state index in [1.54, 1.807) is 0 Å². The van der Waals surface area contributed by atoms with Gasteiger partial charge in [-0.2, -0.15) is 0 Å². The van der Waals surface area contributed by atoms with Gasteiger partial charge < -0.3 is 16.0 Å². The molecular weight excluding hydrogens is 286 g/mol. The largest absolute Gasteiger partial charge is 0.371 e. The molecule has 0 aromatic heterocycles. The Hall–Kier alpha value is -1.26. The highest BCUT2D eigenvalue weighted by molar-refractivity contribution is 6.31. The predicted molar refractivity (Wildman–Crippen MR) is 87.6 cm³/mol. The number of amides is 1. The number of piperidine rings is 1. The number of rotatable bonds is 5. The summed E-state index contributed by atoms with van der Waals surface area (Å²) in [5.41, 5.74) is 7.69. The first kappa shape index (κ1) is 16.1. The molecule has 0 saturated carbocycles. The summed E-state index contributed by atoms with van der Waals surface area (Å²) >= 11 is 6.37. The number of nitrogens with one attached hydrogen (secondary N) is 1. The number of halogens is 1. The Morgan fingerprint density at radius 3 is 2.67 bits per heavy atom. The third-order valence-electron chi connectivity index (χ3n) is 4.02. The number of nitrogens with zero attached hydrogens (tertiary/aromatic N) is 1. The first-order valence-corrected chi connectivity index (χ1v) is 7.92. The number of carbonyl (C=O) groups excluding carboxylic acids is 1. The normalized spacial score (nSPS) is 16.5. The summed E-state index contributed by atoms with van der Waals surface area (Å²) in [5, 5.41) is 4.21. The third kappa shape index (κ3) is 4.11. The Morgan fingerprint density at radius 1 is 1.43 bits per heavy atom. The fourth-order valence-electron chi connectivity index (χ4n) is 2.73. The van der Waals surface area contributed by atoms with Crippen LogP contribution in [-0.4, -0.2) is 25.0 Å². The fraction of sp³-hybridized carbons (Fsp3) is 0.562. The number of hydrogen-bond donors (Lipinski definition) is 2. The van der Waals surface area contributed by atoms with Gasteiger partial charge in [0, 0.05) is 47.9 Å². The highest BCUT2D eigenvalue weighted by Gasteiger charge is 2.24. The average molecular weight is 310 g/mol. The van der Waals surface area contributed by atoms with E-state index in [4.69, 9.17) is 17.3 Å². The maximum absolute atomic E-state index is 11.3. The molecule has 1 saturated heterocycles. The van der Waals surface area contributed by atoms with Crippen LogP contribution in [0.4, 0.5) is 5.69 Å². The van der Waals surface area contributed by atoms with Gasteiger partial charge in [-0.3, -0.25) is 4.79 Å². The van der Waals surface area contributed by atoms with Crippen molar-refractivity contribution in [1.82, 2.24) is 5.32 Å². The number of anilines is 1. The molecule has 1 aliphatic rings. The van der Waals surface area contributed by atoms with Gasteiger partial charge in [0.25, 0.3) is 0 Å². The molecule has 1 fully saturated rings. The third-order valence-corrected chi connectivity index (χ3v) is 4.37. The van der Waals surface area contributed by atoms with E-state index in [-0.39, 0.29) is 11.8 Å². The lowest BCUT2D eigenvalue weighted by Crippen LogP contribution is -2.39. The van der Waals surface area contributed by atoms with Gasteiger partial charge >= 0.3 is 0 Å². The zero-order chi connectivity index (χ0) is 15.4. The molecule has 0 radical (unpaired) electrons. The van der Waals surface area contributed by atoms with Gasteiger partial charge in [-0.15, -0.1) is 0 Å². The summed E-state index contributed by atoms with van der Waals surface area (Å²) in [6.07, 6.45) is 1.64. The zero-order valence-corrected chi connectivity index (χ0v) is 13.5. The van der Waals surface area contributed by atoms with Gasteiger partial charge in [-0.05, 0) is 25.0 Å². The van der Waals surface area contributed by atoms with Gasteiger partial charge in [0.05, 0.1) is 0 Å². The molecule has 116 valence electrons. The Morgan fingerprint density at radius 2 is 2.10 bits per heavy atom. The zero-order valence-electron chi connectivity index (χ0n) is 12.7. The monoisotopic (exact) mass is 309 g/mol. The second-order valence-electron chi connectivity index (χ2n) is 5.94. The number of nitrogens with two attached hydrogens (primary N) is 1. The lowest BCUT2D eigenvalue weighted by molar-refractivity contribution is -0.122. The Labute approximate surface area is 131 Å². The summed E-state index contributed by atoms with van der Waals surface area (Å²) in [6, 6.07) is 6.43. The minimum Gasteiger partial charge on any atom is -0.371 e. The van der Waals surface area contributed by atoms with Crippen LogP contribution in [0.15, 0.2) is 18.2 Å². The summed E-state index contributed by atoms with van der Waals surface area (Å²) in [7, 11) is 0. The Kier molecular flexibility index (Phi) is 5.48. The maximum atomic E-state index is 11.3. The van der Waals surface area contributed by atoms with Crippen molar-refractivity contribution in [1.29, 1.82) is 0 Å². The van der Waals surface area contributed by atoms with Crippen molar-refractivity contribution in [2.75, 3.05) is 18.0 Å². The predicted octanol–water partition coefficient (Wildman–Crippen LogP) is 2.54. The van der Waals surface area contributed by atoms with Crippen molar-refractivity contribution in [3.8, 4) is 0 Å². The second-order valence-corrected chi connectivity index (χ2v) is 6.34. The molecule has 0 aliphatic carbocycles.